The molecule has 1 fully saturated rings. The summed E-state index contributed by atoms with van der Waals surface area (Å²) in [6.07, 6.45) is 2.61. The molecule has 1 rings (SSSR count). The number of amides is 2. The van der Waals surface area contributed by atoms with Gasteiger partial charge in [0.2, 0.25) is 11.8 Å². The third kappa shape index (κ3) is 5.12. The summed E-state index contributed by atoms with van der Waals surface area (Å²) in [5, 5.41) is 2.83. The lowest BCUT2D eigenvalue weighted by Gasteiger charge is -2.33. The molecule has 5 heteroatoms. The highest BCUT2D eigenvalue weighted by molar-refractivity contribution is 5.85. The SMILES string of the molecule is CC(C)CNC(=O)CN(C)C(=O)C1CCC(C)C(N)C1. The van der Waals surface area contributed by atoms with E-state index in [1.165, 1.54) is 4.90 Å². The Morgan fingerprint density at radius 3 is 2.55 bits per heavy atom. The topological polar surface area (TPSA) is 75.4 Å². The van der Waals surface area contributed by atoms with Crippen molar-refractivity contribution in [2.75, 3.05) is 20.1 Å². The number of nitrogens with two attached hydrogens (primary N) is 1. The van der Waals surface area contributed by atoms with Crippen LogP contribution in [0.5, 0.6) is 0 Å². The van der Waals surface area contributed by atoms with Gasteiger partial charge in [-0.1, -0.05) is 20.8 Å². The molecule has 0 aliphatic heterocycles. The van der Waals surface area contributed by atoms with Crippen LogP contribution in [0, 0.1) is 17.8 Å². The van der Waals surface area contributed by atoms with Gasteiger partial charge in [-0.25, -0.2) is 0 Å². The van der Waals surface area contributed by atoms with Crippen molar-refractivity contribution in [3.8, 4) is 0 Å². The largest absolute Gasteiger partial charge is 0.354 e. The second kappa shape index (κ2) is 7.62. The average Bonchev–Trinajstić information content (AvgIpc) is 2.38. The van der Waals surface area contributed by atoms with Gasteiger partial charge in [0.15, 0.2) is 0 Å². The van der Waals surface area contributed by atoms with Crippen LogP contribution in [0.2, 0.25) is 0 Å². The maximum absolute atomic E-state index is 12.3. The van der Waals surface area contributed by atoms with Crippen LogP contribution in [0.4, 0.5) is 0 Å². The molecule has 5 nitrogen and oxygen atoms in total. The van der Waals surface area contributed by atoms with Gasteiger partial charge in [-0.05, 0) is 31.1 Å². The lowest BCUT2D eigenvalue weighted by Crippen LogP contribution is -2.45. The Bertz CT molecular complexity index is 344. The first-order valence-electron chi connectivity index (χ1n) is 7.58. The zero-order valence-electron chi connectivity index (χ0n) is 13.2. The maximum atomic E-state index is 12.3. The normalized spacial score (nSPS) is 26.4. The number of nitrogens with zero attached hydrogens (tertiary/aromatic N) is 1. The van der Waals surface area contributed by atoms with E-state index >= 15 is 0 Å². The highest BCUT2D eigenvalue weighted by atomic mass is 16.2. The number of hydrogen-bond donors (Lipinski definition) is 2. The molecule has 3 atom stereocenters. The molecule has 0 aromatic carbocycles. The molecule has 0 saturated heterocycles. The zero-order valence-corrected chi connectivity index (χ0v) is 13.2. The average molecular weight is 283 g/mol. The third-order valence-corrected chi connectivity index (χ3v) is 4.07. The molecule has 1 saturated carbocycles. The fourth-order valence-corrected chi connectivity index (χ4v) is 2.56. The van der Waals surface area contributed by atoms with Crippen LogP contribution in [-0.4, -0.2) is 42.9 Å². The molecule has 0 aromatic heterocycles. The van der Waals surface area contributed by atoms with E-state index in [-0.39, 0.29) is 30.3 Å². The molecule has 0 aromatic rings. The minimum atomic E-state index is -0.0944. The molecule has 116 valence electrons. The number of likely N-dealkylation sites (N-methyl/N-ethyl adjacent to an activating group) is 1. The van der Waals surface area contributed by atoms with Crippen LogP contribution >= 0.6 is 0 Å². The zero-order chi connectivity index (χ0) is 15.3. The standard InChI is InChI=1S/C15H29N3O2/c1-10(2)8-17-14(19)9-18(4)15(20)12-6-5-11(3)13(16)7-12/h10-13H,5-9,16H2,1-4H3,(H,17,19). The predicted molar refractivity (Wildman–Crippen MR) is 80.0 cm³/mol. The van der Waals surface area contributed by atoms with Gasteiger partial charge >= 0.3 is 0 Å². The number of rotatable bonds is 5. The smallest absolute Gasteiger partial charge is 0.239 e. The van der Waals surface area contributed by atoms with Crippen molar-refractivity contribution in [3.63, 3.8) is 0 Å². The molecular weight excluding hydrogens is 254 g/mol. The van der Waals surface area contributed by atoms with Gasteiger partial charge in [-0.3, -0.25) is 9.59 Å². The van der Waals surface area contributed by atoms with Crippen molar-refractivity contribution in [2.24, 2.45) is 23.5 Å². The van der Waals surface area contributed by atoms with E-state index in [9.17, 15) is 9.59 Å². The summed E-state index contributed by atoms with van der Waals surface area (Å²) < 4.78 is 0. The fourth-order valence-electron chi connectivity index (χ4n) is 2.56. The molecule has 2 amide bonds. The second-order valence-corrected chi connectivity index (χ2v) is 6.54. The summed E-state index contributed by atoms with van der Waals surface area (Å²) in [6.45, 7) is 6.99. The second-order valence-electron chi connectivity index (χ2n) is 6.54. The Balaban J connectivity index is 2.41. The number of hydrogen-bond acceptors (Lipinski definition) is 3. The van der Waals surface area contributed by atoms with E-state index < -0.39 is 0 Å². The number of nitrogens with one attached hydrogen (secondary N) is 1. The Hall–Kier alpha value is -1.10. The summed E-state index contributed by atoms with van der Waals surface area (Å²) in [4.78, 5) is 25.6. The van der Waals surface area contributed by atoms with Gasteiger partial charge in [-0.15, -0.1) is 0 Å². The van der Waals surface area contributed by atoms with E-state index in [1.54, 1.807) is 7.05 Å². The van der Waals surface area contributed by atoms with E-state index in [4.69, 9.17) is 5.73 Å². The molecule has 0 spiro atoms. The summed E-state index contributed by atoms with van der Waals surface area (Å²) in [5.74, 6) is 0.829. The minimum absolute atomic E-state index is 0.0240. The molecular formula is C15H29N3O2. The molecule has 0 bridgehead atoms. The van der Waals surface area contributed by atoms with Gasteiger partial charge in [0.25, 0.3) is 0 Å². The summed E-state index contributed by atoms with van der Waals surface area (Å²) in [6, 6.07) is 0.0980. The monoisotopic (exact) mass is 283 g/mol. The first-order valence-corrected chi connectivity index (χ1v) is 7.58. The summed E-state index contributed by atoms with van der Waals surface area (Å²) in [7, 11) is 1.70. The van der Waals surface area contributed by atoms with Crippen molar-refractivity contribution in [1.82, 2.24) is 10.2 Å². The third-order valence-electron chi connectivity index (χ3n) is 4.07. The van der Waals surface area contributed by atoms with Crippen molar-refractivity contribution in [2.45, 2.75) is 46.1 Å². The highest BCUT2D eigenvalue weighted by Crippen LogP contribution is 2.28. The van der Waals surface area contributed by atoms with Crippen molar-refractivity contribution in [3.05, 3.63) is 0 Å². The Morgan fingerprint density at radius 2 is 2.00 bits per heavy atom. The van der Waals surface area contributed by atoms with E-state index in [1.807, 2.05) is 13.8 Å². The Kier molecular flexibility index (Phi) is 6.46. The van der Waals surface area contributed by atoms with Crippen LogP contribution in [0.3, 0.4) is 0 Å². The van der Waals surface area contributed by atoms with Gasteiger partial charge in [0.1, 0.15) is 0 Å². The molecule has 1 aliphatic rings. The van der Waals surface area contributed by atoms with Crippen molar-refractivity contribution in [1.29, 1.82) is 0 Å². The van der Waals surface area contributed by atoms with Gasteiger partial charge in [0.05, 0.1) is 6.54 Å². The summed E-state index contributed by atoms with van der Waals surface area (Å²) in [5.41, 5.74) is 6.04. The first-order chi connectivity index (χ1) is 9.31. The molecule has 20 heavy (non-hydrogen) atoms. The summed E-state index contributed by atoms with van der Waals surface area (Å²) >= 11 is 0. The van der Waals surface area contributed by atoms with E-state index in [2.05, 4.69) is 12.2 Å². The van der Waals surface area contributed by atoms with Crippen LogP contribution in [0.25, 0.3) is 0 Å². The predicted octanol–water partition coefficient (Wildman–Crippen LogP) is 0.981. The lowest BCUT2D eigenvalue weighted by molar-refractivity contribution is -0.139. The number of carbonyl (C=O) groups is 2. The van der Waals surface area contributed by atoms with Crippen molar-refractivity contribution >= 4 is 11.8 Å². The molecule has 0 heterocycles. The molecule has 3 N–H and O–H groups in total. The van der Waals surface area contributed by atoms with E-state index in [0.717, 1.165) is 19.3 Å². The fraction of sp³-hybridized carbons (Fsp3) is 0.867. The maximum Gasteiger partial charge on any atom is 0.239 e. The quantitative estimate of drug-likeness (QED) is 0.790. The van der Waals surface area contributed by atoms with E-state index in [0.29, 0.717) is 18.4 Å². The molecule has 0 radical (unpaired) electrons. The van der Waals surface area contributed by atoms with Gasteiger partial charge in [0, 0.05) is 25.6 Å². The van der Waals surface area contributed by atoms with Gasteiger partial charge < -0.3 is 16.0 Å². The van der Waals surface area contributed by atoms with Crippen LogP contribution in [-0.2, 0) is 9.59 Å². The van der Waals surface area contributed by atoms with Crippen LogP contribution < -0.4 is 11.1 Å². The first kappa shape index (κ1) is 17.0. The molecule has 3 unspecified atom stereocenters. The Labute approximate surface area is 122 Å². The lowest BCUT2D eigenvalue weighted by atomic mass is 9.79. The molecule has 1 aliphatic carbocycles. The number of carbonyl (C=O) groups excluding carboxylic acids is 2. The highest BCUT2D eigenvalue weighted by Gasteiger charge is 2.31. The van der Waals surface area contributed by atoms with Gasteiger partial charge in [-0.2, -0.15) is 0 Å². The van der Waals surface area contributed by atoms with Crippen LogP contribution in [0.1, 0.15) is 40.0 Å². The Morgan fingerprint density at radius 1 is 1.35 bits per heavy atom. The van der Waals surface area contributed by atoms with Crippen LogP contribution in [0.15, 0.2) is 0 Å². The van der Waals surface area contributed by atoms with Crippen molar-refractivity contribution < 1.29 is 9.59 Å². The minimum Gasteiger partial charge on any atom is -0.354 e.